The first-order valence-corrected chi connectivity index (χ1v) is 14.7. The van der Waals surface area contributed by atoms with Crippen molar-refractivity contribution in [3.63, 3.8) is 0 Å². The average Bonchev–Trinajstić information content (AvgIpc) is 2.76. The van der Waals surface area contributed by atoms with Gasteiger partial charge in [0.2, 0.25) is 0 Å². The highest BCUT2D eigenvalue weighted by Crippen LogP contribution is 2.17. The molecule has 0 aliphatic carbocycles. The molecular formula is C28H58O2S. The van der Waals surface area contributed by atoms with Gasteiger partial charge in [-0.2, -0.15) is 0 Å². The van der Waals surface area contributed by atoms with E-state index in [1.165, 1.54) is 128 Å². The minimum absolute atomic E-state index is 0.0924. The summed E-state index contributed by atoms with van der Waals surface area (Å²) in [6.45, 7) is 5.33. The van der Waals surface area contributed by atoms with Crippen LogP contribution in [0.15, 0.2) is 0 Å². The summed E-state index contributed by atoms with van der Waals surface area (Å²) in [6.07, 6.45) is 30.7. The Balaban J connectivity index is 3.39. The molecule has 0 aromatic carbocycles. The lowest BCUT2D eigenvalue weighted by molar-refractivity contribution is -0.00796. The smallest absolute Gasteiger partial charge is 0.123 e. The van der Waals surface area contributed by atoms with Crippen LogP contribution in [0.2, 0.25) is 0 Å². The quantitative estimate of drug-likeness (QED) is 0.0767. The Kier molecular flexibility index (Phi) is 26.8. The van der Waals surface area contributed by atoms with Gasteiger partial charge in [-0.3, -0.25) is 0 Å². The lowest BCUT2D eigenvalue weighted by atomic mass is 10.0. The normalized spacial score (nSPS) is 13.5. The molecule has 1 N–H and O–H groups in total. The van der Waals surface area contributed by atoms with Crippen LogP contribution < -0.4 is 0 Å². The molecule has 0 saturated carbocycles. The highest BCUT2D eigenvalue weighted by molar-refractivity contribution is 7.80. The Bertz CT molecular complexity index is 322. The standard InChI is InChI=1S/C28H58O2S/c1-3-5-7-9-11-13-14-15-16-17-18-19-21-23-25-27(28(29)31)30-26-24-22-20-12-10-8-6-4-2/h27-29,31H,3-26H2,1-2H3. The number of hydrogen-bond donors (Lipinski definition) is 2. The lowest BCUT2D eigenvalue weighted by Crippen LogP contribution is -2.25. The summed E-state index contributed by atoms with van der Waals surface area (Å²) < 4.78 is 5.94. The van der Waals surface area contributed by atoms with E-state index in [1.807, 2.05) is 0 Å². The van der Waals surface area contributed by atoms with Crippen LogP contribution in [0.1, 0.15) is 162 Å². The average molecular weight is 459 g/mol. The van der Waals surface area contributed by atoms with E-state index in [2.05, 4.69) is 26.5 Å². The monoisotopic (exact) mass is 458 g/mol. The molecule has 0 amide bonds. The maximum atomic E-state index is 9.88. The third-order valence-corrected chi connectivity index (χ3v) is 6.84. The van der Waals surface area contributed by atoms with Crippen molar-refractivity contribution < 1.29 is 9.84 Å². The molecule has 3 heteroatoms. The molecule has 188 valence electrons. The van der Waals surface area contributed by atoms with Crippen molar-refractivity contribution in [2.24, 2.45) is 0 Å². The Hall–Kier alpha value is 0.270. The second-order valence-electron chi connectivity index (χ2n) is 9.68. The number of aliphatic hydroxyl groups excluding tert-OH is 1. The maximum Gasteiger partial charge on any atom is 0.123 e. The van der Waals surface area contributed by atoms with Gasteiger partial charge in [-0.15, -0.1) is 12.6 Å². The minimum Gasteiger partial charge on any atom is -0.380 e. The van der Waals surface area contributed by atoms with Gasteiger partial charge in [-0.05, 0) is 12.8 Å². The van der Waals surface area contributed by atoms with Gasteiger partial charge in [-0.25, -0.2) is 0 Å². The summed E-state index contributed by atoms with van der Waals surface area (Å²) in [5.74, 6) is 0. The molecule has 0 aromatic heterocycles. The van der Waals surface area contributed by atoms with Crippen LogP contribution in [0, 0.1) is 0 Å². The molecule has 0 spiro atoms. The second-order valence-corrected chi connectivity index (χ2v) is 10.2. The van der Waals surface area contributed by atoms with Crippen LogP contribution in [0.25, 0.3) is 0 Å². The molecule has 2 unspecified atom stereocenters. The van der Waals surface area contributed by atoms with Gasteiger partial charge in [0.25, 0.3) is 0 Å². The number of thiol groups is 1. The van der Waals surface area contributed by atoms with Crippen molar-refractivity contribution in [1.82, 2.24) is 0 Å². The fraction of sp³-hybridized carbons (Fsp3) is 1.00. The Morgan fingerprint density at radius 3 is 1.19 bits per heavy atom. The molecule has 0 aromatic rings. The van der Waals surface area contributed by atoms with Crippen molar-refractivity contribution in [2.75, 3.05) is 6.61 Å². The number of rotatable bonds is 26. The Morgan fingerprint density at radius 1 is 0.516 bits per heavy atom. The summed E-state index contributed by atoms with van der Waals surface area (Å²) >= 11 is 4.24. The zero-order chi connectivity index (χ0) is 22.8. The van der Waals surface area contributed by atoms with Gasteiger partial charge >= 0.3 is 0 Å². The van der Waals surface area contributed by atoms with E-state index in [9.17, 15) is 5.11 Å². The van der Waals surface area contributed by atoms with Crippen LogP contribution in [-0.2, 0) is 4.74 Å². The molecule has 0 heterocycles. The first kappa shape index (κ1) is 31.3. The van der Waals surface area contributed by atoms with Crippen molar-refractivity contribution in [3.05, 3.63) is 0 Å². The molecule has 0 aliphatic rings. The zero-order valence-corrected chi connectivity index (χ0v) is 22.3. The van der Waals surface area contributed by atoms with Crippen molar-refractivity contribution in [1.29, 1.82) is 0 Å². The van der Waals surface area contributed by atoms with Crippen molar-refractivity contribution in [2.45, 2.75) is 173 Å². The van der Waals surface area contributed by atoms with Crippen LogP contribution in [-0.4, -0.2) is 23.3 Å². The summed E-state index contributed by atoms with van der Waals surface area (Å²) in [7, 11) is 0. The topological polar surface area (TPSA) is 29.5 Å². The van der Waals surface area contributed by atoms with Gasteiger partial charge in [0.1, 0.15) is 5.44 Å². The Morgan fingerprint density at radius 2 is 0.839 bits per heavy atom. The third-order valence-electron chi connectivity index (χ3n) is 6.50. The molecule has 2 atom stereocenters. The lowest BCUT2D eigenvalue weighted by Gasteiger charge is -2.20. The minimum atomic E-state index is -0.643. The zero-order valence-electron chi connectivity index (χ0n) is 21.4. The van der Waals surface area contributed by atoms with E-state index in [4.69, 9.17) is 4.74 Å². The summed E-state index contributed by atoms with van der Waals surface area (Å²) in [6, 6.07) is 0. The third kappa shape index (κ3) is 24.7. The van der Waals surface area contributed by atoms with E-state index >= 15 is 0 Å². The second kappa shape index (κ2) is 26.5. The van der Waals surface area contributed by atoms with Crippen LogP contribution in [0.5, 0.6) is 0 Å². The summed E-state index contributed by atoms with van der Waals surface area (Å²) in [5.41, 5.74) is -0.643. The summed E-state index contributed by atoms with van der Waals surface area (Å²) in [5, 5.41) is 9.88. The maximum absolute atomic E-state index is 9.88. The summed E-state index contributed by atoms with van der Waals surface area (Å²) in [4.78, 5) is 0. The fourth-order valence-corrected chi connectivity index (χ4v) is 4.56. The molecule has 0 saturated heterocycles. The SMILES string of the molecule is CCCCCCCCCCCCCCCCC(OCCCCCCCCCC)C(O)S. The first-order valence-electron chi connectivity index (χ1n) is 14.2. The highest BCUT2D eigenvalue weighted by Gasteiger charge is 2.15. The predicted octanol–water partition coefficient (Wildman–Crippen LogP) is 9.63. The van der Waals surface area contributed by atoms with Gasteiger partial charge in [0.05, 0.1) is 6.10 Å². The molecule has 0 aliphatic heterocycles. The molecule has 0 fully saturated rings. The Labute approximate surface area is 202 Å². The van der Waals surface area contributed by atoms with Gasteiger partial charge < -0.3 is 9.84 Å². The molecule has 31 heavy (non-hydrogen) atoms. The molecule has 2 nitrogen and oxygen atoms in total. The van der Waals surface area contributed by atoms with E-state index in [1.54, 1.807) is 0 Å². The number of ether oxygens (including phenoxy) is 1. The predicted molar refractivity (Wildman–Crippen MR) is 142 cm³/mol. The van der Waals surface area contributed by atoms with E-state index in [-0.39, 0.29) is 6.10 Å². The number of hydrogen-bond acceptors (Lipinski definition) is 3. The number of unbranched alkanes of at least 4 members (excludes halogenated alkanes) is 20. The number of aliphatic hydroxyl groups is 1. The van der Waals surface area contributed by atoms with Crippen LogP contribution >= 0.6 is 12.6 Å². The van der Waals surface area contributed by atoms with Gasteiger partial charge in [0.15, 0.2) is 0 Å². The fourth-order valence-electron chi connectivity index (χ4n) is 4.33. The van der Waals surface area contributed by atoms with Gasteiger partial charge in [0, 0.05) is 6.61 Å². The first-order chi connectivity index (χ1) is 15.2. The van der Waals surface area contributed by atoms with E-state index < -0.39 is 5.44 Å². The van der Waals surface area contributed by atoms with Crippen molar-refractivity contribution >= 4 is 12.6 Å². The van der Waals surface area contributed by atoms with Crippen LogP contribution in [0.4, 0.5) is 0 Å². The van der Waals surface area contributed by atoms with Crippen molar-refractivity contribution in [3.8, 4) is 0 Å². The highest BCUT2D eigenvalue weighted by atomic mass is 32.1. The van der Waals surface area contributed by atoms with Crippen LogP contribution in [0.3, 0.4) is 0 Å². The van der Waals surface area contributed by atoms with E-state index in [0.29, 0.717) is 0 Å². The molecule has 0 rings (SSSR count). The molecule has 0 bridgehead atoms. The molecular weight excluding hydrogens is 400 g/mol. The largest absolute Gasteiger partial charge is 0.380 e. The van der Waals surface area contributed by atoms with Gasteiger partial charge in [-0.1, -0.05) is 149 Å². The van der Waals surface area contributed by atoms with E-state index in [0.717, 1.165) is 25.9 Å². The molecule has 0 radical (unpaired) electrons.